The molecular weight excluding hydrogens is 224 g/mol. The lowest BCUT2D eigenvalue weighted by Crippen LogP contribution is -2.39. The molecule has 0 radical (unpaired) electrons. The largest absolute Gasteiger partial charge is 0.463 e. The van der Waals surface area contributed by atoms with Crippen LogP contribution in [-0.2, 0) is 16.1 Å². The number of esters is 1. The number of aromatic nitrogens is 1. The van der Waals surface area contributed by atoms with E-state index in [0.717, 1.165) is 10.2 Å². The first kappa shape index (κ1) is 10.9. The zero-order chi connectivity index (χ0) is 11.5. The highest BCUT2D eigenvalue weighted by molar-refractivity contribution is 7.21. The Hall–Kier alpha value is -1.62. The van der Waals surface area contributed by atoms with E-state index in [9.17, 15) is 4.79 Å². The topological polar surface area (TPSA) is 56.2 Å². The number of benzene rings is 1. The summed E-state index contributed by atoms with van der Waals surface area (Å²) in [5, 5.41) is 0.620. The summed E-state index contributed by atoms with van der Waals surface area (Å²) in [6.07, 6.45) is 0. The second kappa shape index (κ2) is 4.49. The average molecular weight is 237 g/mol. The van der Waals surface area contributed by atoms with Crippen LogP contribution in [0.25, 0.3) is 10.2 Å². The molecule has 5 heteroatoms. The summed E-state index contributed by atoms with van der Waals surface area (Å²) in [6.45, 7) is 2.35. The number of rotatable bonds is 3. The van der Waals surface area contributed by atoms with Crippen LogP contribution in [0.2, 0.25) is 0 Å². The van der Waals surface area contributed by atoms with Crippen LogP contribution >= 0.6 is 11.3 Å². The van der Waals surface area contributed by atoms with Crippen LogP contribution in [0.3, 0.4) is 0 Å². The van der Waals surface area contributed by atoms with Crippen molar-refractivity contribution < 1.29 is 14.1 Å². The fourth-order valence-electron chi connectivity index (χ4n) is 1.55. The van der Waals surface area contributed by atoms with Crippen molar-refractivity contribution in [2.75, 3.05) is 12.3 Å². The summed E-state index contributed by atoms with van der Waals surface area (Å²) in [5.41, 5.74) is 6.84. The summed E-state index contributed by atoms with van der Waals surface area (Å²) >= 11 is 1.47. The number of para-hydroxylation sites is 1. The molecule has 0 amide bonds. The van der Waals surface area contributed by atoms with Gasteiger partial charge in [-0.3, -0.25) is 5.73 Å². The highest BCUT2D eigenvalue weighted by Crippen LogP contribution is 2.21. The van der Waals surface area contributed by atoms with Gasteiger partial charge in [-0.05, 0) is 30.4 Å². The number of carbonyl (C=O) groups excluding carboxylic acids is 1. The minimum Gasteiger partial charge on any atom is -0.463 e. The zero-order valence-corrected chi connectivity index (χ0v) is 9.79. The monoisotopic (exact) mass is 237 g/mol. The molecule has 0 aliphatic rings. The van der Waals surface area contributed by atoms with Gasteiger partial charge in [0.25, 0.3) is 0 Å². The number of nitrogen functional groups attached to an aromatic ring is 1. The Morgan fingerprint density at radius 3 is 3.00 bits per heavy atom. The molecule has 0 fully saturated rings. The van der Waals surface area contributed by atoms with Crippen LogP contribution < -0.4 is 10.3 Å². The standard InChI is InChI=1S/C11H12N2O2S/c1-2-15-10(14)7-13-8-5-3-4-6-9(8)16-11(13)12/h3-6,12H,2,7H2,1H3/p+1. The van der Waals surface area contributed by atoms with Crippen molar-refractivity contribution in [1.82, 2.24) is 0 Å². The molecule has 2 N–H and O–H groups in total. The summed E-state index contributed by atoms with van der Waals surface area (Å²) in [6, 6.07) is 7.81. The number of anilines is 1. The number of hydrogen-bond acceptors (Lipinski definition) is 4. The number of ether oxygens (including phenoxy) is 1. The van der Waals surface area contributed by atoms with Crippen molar-refractivity contribution in [1.29, 1.82) is 0 Å². The van der Waals surface area contributed by atoms with Crippen molar-refractivity contribution in [3.63, 3.8) is 0 Å². The van der Waals surface area contributed by atoms with Crippen LogP contribution in [0.5, 0.6) is 0 Å². The first-order valence-electron chi connectivity index (χ1n) is 5.05. The molecular formula is C11H13N2O2S+. The zero-order valence-electron chi connectivity index (χ0n) is 8.97. The fourth-order valence-corrected chi connectivity index (χ4v) is 2.48. The van der Waals surface area contributed by atoms with Gasteiger partial charge >= 0.3 is 11.1 Å². The first-order chi connectivity index (χ1) is 7.72. The second-order valence-electron chi connectivity index (χ2n) is 3.30. The van der Waals surface area contributed by atoms with Crippen molar-refractivity contribution in [3.8, 4) is 0 Å². The number of hydrogen-bond donors (Lipinski definition) is 1. The van der Waals surface area contributed by atoms with E-state index in [1.54, 1.807) is 11.5 Å². The predicted molar refractivity (Wildman–Crippen MR) is 63.1 cm³/mol. The third kappa shape index (κ3) is 1.99. The van der Waals surface area contributed by atoms with Gasteiger partial charge in [0, 0.05) is 0 Å². The molecule has 2 aromatic rings. The molecule has 1 heterocycles. The Labute approximate surface area is 97.3 Å². The highest BCUT2D eigenvalue weighted by atomic mass is 32.1. The number of carbonyl (C=O) groups is 1. The maximum absolute atomic E-state index is 11.4. The number of fused-ring (bicyclic) bond motifs is 1. The van der Waals surface area contributed by atoms with E-state index in [2.05, 4.69) is 0 Å². The summed E-state index contributed by atoms with van der Waals surface area (Å²) in [4.78, 5) is 11.4. The van der Waals surface area contributed by atoms with E-state index in [4.69, 9.17) is 10.5 Å². The van der Waals surface area contributed by atoms with Crippen molar-refractivity contribution in [2.24, 2.45) is 0 Å². The molecule has 0 spiro atoms. The molecule has 16 heavy (non-hydrogen) atoms. The molecule has 0 bridgehead atoms. The van der Waals surface area contributed by atoms with Gasteiger partial charge in [-0.1, -0.05) is 12.1 Å². The van der Waals surface area contributed by atoms with Crippen molar-refractivity contribution >= 4 is 32.7 Å². The molecule has 2 rings (SSSR count). The molecule has 0 aliphatic heterocycles. The number of nitrogens with two attached hydrogens (primary N) is 1. The van der Waals surface area contributed by atoms with Crippen molar-refractivity contribution in [3.05, 3.63) is 24.3 Å². The molecule has 1 aromatic carbocycles. The van der Waals surface area contributed by atoms with Gasteiger partial charge in [0.15, 0.2) is 6.54 Å². The van der Waals surface area contributed by atoms with E-state index in [-0.39, 0.29) is 12.5 Å². The normalized spacial score (nSPS) is 10.6. The van der Waals surface area contributed by atoms with Gasteiger partial charge in [-0.15, -0.1) is 0 Å². The Balaban J connectivity index is 2.36. The summed E-state index contributed by atoms with van der Waals surface area (Å²) < 4.78 is 7.76. The van der Waals surface area contributed by atoms with Crippen LogP contribution in [0.4, 0.5) is 5.13 Å². The summed E-state index contributed by atoms with van der Waals surface area (Å²) in [7, 11) is 0. The number of nitrogens with zero attached hydrogens (tertiary/aromatic N) is 1. The van der Waals surface area contributed by atoms with E-state index in [1.165, 1.54) is 11.3 Å². The Morgan fingerprint density at radius 1 is 1.50 bits per heavy atom. The molecule has 0 saturated carbocycles. The van der Waals surface area contributed by atoms with Crippen molar-refractivity contribution in [2.45, 2.75) is 13.5 Å². The summed E-state index contributed by atoms with van der Waals surface area (Å²) in [5.74, 6) is -0.261. The molecule has 84 valence electrons. The lowest BCUT2D eigenvalue weighted by molar-refractivity contribution is -0.641. The minimum absolute atomic E-state index is 0.170. The van der Waals surface area contributed by atoms with Gasteiger partial charge in [0.1, 0.15) is 5.52 Å². The maximum atomic E-state index is 11.4. The molecule has 0 aliphatic carbocycles. The maximum Gasteiger partial charge on any atom is 0.348 e. The quantitative estimate of drug-likeness (QED) is 0.647. The van der Waals surface area contributed by atoms with Gasteiger partial charge in [0.2, 0.25) is 0 Å². The second-order valence-corrected chi connectivity index (χ2v) is 4.36. The first-order valence-corrected chi connectivity index (χ1v) is 5.86. The molecule has 0 saturated heterocycles. The number of thiazole rings is 1. The highest BCUT2D eigenvalue weighted by Gasteiger charge is 2.17. The smallest absolute Gasteiger partial charge is 0.348 e. The Morgan fingerprint density at radius 2 is 2.25 bits per heavy atom. The van der Waals surface area contributed by atoms with E-state index < -0.39 is 0 Å². The lowest BCUT2D eigenvalue weighted by Gasteiger charge is -2.00. The third-order valence-corrected chi connectivity index (χ3v) is 3.22. The SMILES string of the molecule is CCOC(=O)C[n+]1c(N)sc2ccccc21. The van der Waals surface area contributed by atoms with E-state index in [0.29, 0.717) is 11.7 Å². The van der Waals surface area contributed by atoms with E-state index >= 15 is 0 Å². The lowest BCUT2D eigenvalue weighted by atomic mass is 10.3. The predicted octanol–water partition coefficient (Wildman–Crippen LogP) is 1.33. The van der Waals surface area contributed by atoms with Crippen LogP contribution in [-0.4, -0.2) is 12.6 Å². The molecule has 4 nitrogen and oxygen atoms in total. The van der Waals surface area contributed by atoms with Gasteiger partial charge in [0.05, 0.1) is 11.3 Å². The van der Waals surface area contributed by atoms with E-state index in [1.807, 2.05) is 24.3 Å². The average Bonchev–Trinajstić information content (AvgIpc) is 2.56. The minimum atomic E-state index is -0.261. The Bertz CT molecular complexity index is 522. The molecule has 0 unspecified atom stereocenters. The molecule has 1 aromatic heterocycles. The van der Waals surface area contributed by atoms with Gasteiger partial charge in [-0.2, -0.15) is 0 Å². The third-order valence-electron chi connectivity index (χ3n) is 2.23. The fraction of sp³-hybridized carbons (Fsp3) is 0.273. The van der Waals surface area contributed by atoms with Gasteiger partial charge in [-0.25, -0.2) is 9.36 Å². The Kier molecular flexibility index (Phi) is 3.05. The van der Waals surface area contributed by atoms with Crippen LogP contribution in [0.1, 0.15) is 6.92 Å². The molecule has 0 atom stereocenters. The van der Waals surface area contributed by atoms with Crippen LogP contribution in [0, 0.1) is 0 Å². The van der Waals surface area contributed by atoms with Gasteiger partial charge < -0.3 is 4.74 Å². The van der Waals surface area contributed by atoms with Crippen LogP contribution in [0.15, 0.2) is 24.3 Å².